The molecule has 0 radical (unpaired) electrons. The summed E-state index contributed by atoms with van der Waals surface area (Å²) in [7, 11) is 0. The van der Waals surface area contributed by atoms with E-state index < -0.39 is 5.41 Å². The highest BCUT2D eigenvalue weighted by molar-refractivity contribution is 5.95. The van der Waals surface area contributed by atoms with E-state index in [1.165, 1.54) is 33.4 Å². The van der Waals surface area contributed by atoms with Crippen LogP contribution < -0.4 is 0 Å². The molecule has 0 saturated heterocycles. The minimum absolute atomic E-state index is 0.552. The number of hydrogen-bond acceptors (Lipinski definition) is 4. The quantitative estimate of drug-likeness (QED) is 0.164. The van der Waals surface area contributed by atoms with Gasteiger partial charge < -0.3 is 0 Å². The first-order valence-electron chi connectivity index (χ1n) is 19.1. The minimum Gasteiger partial charge on any atom is -0.208 e. The first kappa shape index (κ1) is 33.8. The second-order valence-corrected chi connectivity index (χ2v) is 14.3. The Labute approximate surface area is 332 Å². The van der Waals surface area contributed by atoms with Crippen LogP contribution in [-0.2, 0) is 5.41 Å². The van der Waals surface area contributed by atoms with Crippen molar-refractivity contribution in [3.63, 3.8) is 0 Å². The molecule has 0 aliphatic heterocycles. The molecule has 0 N–H and O–H groups in total. The van der Waals surface area contributed by atoms with E-state index in [2.05, 4.69) is 133 Å². The summed E-state index contributed by atoms with van der Waals surface area (Å²) in [6.07, 6.45) is 0. The number of hydrogen-bond donors (Lipinski definition) is 0. The van der Waals surface area contributed by atoms with Gasteiger partial charge in [-0.25, -0.2) is 15.0 Å². The van der Waals surface area contributed by atoms with E-state index in [1.807, 2.05) is 78.9 Å². The minimum atomic E-state index is -0.552. The lowest BCUT2D eigenvalue weighted by molar-refractivity contribution is 0.769. The lowest BCUT2D eigenvalue weighted by Crippen LogP contribution is -2.28. The summed E-state index contributed by atoms with van der Waals surface area (Å²) in [6, 6.07) is 74.1. The van der Waals surface area contributed by atoms with Crippen LogP contribution >= 0.6 is 0 Å². The van der Waals surface area contributed by atoms with E-state index >= 15 is 0 Å². The maximum Gasteiger partial charge on any atom is 0.164 e. The van der Waals surface area contributed by atoms with Crippen LogP contribution in [0.4, 0.5) is 0 Å². The molecule has 0 atom stereocenters. The first-order valence-corrected chi connectivity index (χ1v) is 19.1. The zero-order chi connectivity index (χ0) is 38.2. The van der Waals surface area contributed by atoms with Crippen molar-refractivity contribution in [3.05, 3.63) is 234 Å². The van der Waals surface area contributed by atoms with E-state index in [0.717, 1.165) is 38.9 Å². The van der Waals surface area contributed by atoms with Gasteiger partial charge in [-0.15, -0.1) is 0 Å². The molecule has 1 aliphatic carbocycles. The van der Waals surface area contributed by atoms with Crippen LogP contribution in [0.3, 0.4) is 0 Å². The Kier molecular flexibility index (Phi) is 8.39. The molecule has 0 spiro atoms. The summed E-state index contributed by atoms with van der Waals surface area (Å²) in [4.78, 5) is 14.8. The number of rotatable bonds is 7. The maximum absolute atomic E-state index is 10.0. The van der Waals surface area contributed by atoms with Crippen molar-refractivity contribution in [3.8, 4) is 73.6 Å². The van der Waals surface area contributed by atoms with Crippen molar-refractivity contribution in [2.45, 2.75) is 5.41 Å². The summed E-state index contributed by atoms with van der Waals surface area (Å²) < 4.78 is 0. The van der Waals surface area contributed by atoms with Gasteiger partial charge in [0.05, 0.1) is 17.0 Å². The van der Waals surface area contributed by atoms with Gasteiger partial charge >= 0.3 is 0 Å². The Morgan fingerprint density at radius 2 is 0.789 bits per heavy atom. The molecule has 0 saturated carbocycles. The van der Waals surface area contributed by atoms with Gasteiger partial charge in [0.15, 0.2) is 17.5 Å². The molecule has 0 unspecified atom stereocenters. The fourth-order valence-electron chi connectivity index (χ4n) is 8.46. The van der Waals surface area contributed by atoms with E-state index in [9.17, 15) is 5.26 Å². The molecule has 0 amide bonds. The molecular weight excluding hydrogens is 693 g/mol. The summed E-state index contributed by atoms with van der Waals surface area (Å²) >= 11 is 0. The van der Waals surface area contributed by atoms with Crippen molar-refractivity contribution in [2.75, 3.05) is 0 Å². The van der Waals surface area contributed by atoms with Gasteiger partial charge in [0.2, 0.25) is 0 Å². The summed E-state index contributed by atoms with van der Waals surface area (Å²) in [5.41, 5.74) is 14.3. The first-order chi connectivity index (χ1) is 28.2. The smallest absolute Gasteiger partial charge is 0.164 e. The van der Waals surface area contributed by atoms with Crippen LogP contribution in [-0.4, -0.2) is 15.0 Å². The normalized spacial score (nSPS) is 12.3. The summed E-state index contributed by atoms with van der Waals surface area (Å²) in [6.45, 7) is 0. The predicted molar refractivity (Wildman–Crippen MR) is 229 cm³/mol. The highest BCUT2D eigenvalue weighted by Gasteiger charge is 2.46. The van der Waals surface area contributed by atoms with Crippen molar-refractivity contribution in [2.24, 2.45) is 0 Å². The molecular formula is C53H34N4. The zero-order valence-corrected chi connectivity index (χ0v) is 30.9. The van der Waals surface area contributed by atoms with Gasteiger partial charge in [-0.05, 0) is 79.9 Å². The van der Waals surface area contributed by atoms with E-state index in [-0.39, 0.29) is 0 Å². The van der Waals surface area contributed by atoms with Gasteiger partial charge in [-0.1, -0.05) is 182 Å². The molecule has 4 heteroatoms. The maximum atomic E-state index is 10.0. The Hall–Kier alpha value is -7.74. The molecule has 1 heterocycles. The highest BCUT2D eigenvalue weighted by atomic mass is 15.0. The third-order valence-electron chi connectivity index (χ3n) is 11.1. The number of nitrogens with zero attached hydrogens (tertiary/aromatic N) is 4. The third-order valence-corrected chi connectivity index (χ3v) is 11.1. The standard InChI is InChI=1S/C53H34N4/c54-35-36-16-15-21-41(32-36)46-34-49-47(44-26-13-14-27-48(44)53(49,42-22-9-3-10-23-42)43-24-11-4-12-25-43)33-45(46)37-28-30-40(31-29-37)52-56-50(38-17-5-1-6-18-38)55-51(57-52)39-19-7-2-8-20-39/h1-34H. The average Bonchev–Trinajstić information content (AvgIpc) is 3.59. The SMILES string of the molecule is N#Cc1cccc(-c2cc3c(cc2-c2ccc(-c4nc(-c5ccccc5)nc(-c5ccccc5)n4)cc2)-c2ccccc2C3(c2ccccc2)c2ccccc2)c1. The molecule has 1 aliphatic rings. The topological polar surface area (TPSA) is 62.5 Å². The second kappa shape index (κ2) is 14.2. The fourth-order valence-corrected chi connectivity index (χ4v) is 8.46. The molecule has 8 aromatic carbocycles. The number of benzene rings is 8. The average molecular weight is 727 g/mol. The highest BCUT2D eigenvalue weighted by Crippen LogP contribution is 2.58. The van der Waals surface area contributed by atoms with E-state index in [4.69, 9.17) is 15.0 Å². The Bertz CT molecular complexity index is 2840. The monoisotopic (exact) mass is 726 g/mol. The van der Waals surface area contributed by atoms with Crippen molar-refractivity contribution in [1.29, 1.82) is 5.26 Å². The lowest BCUT2D eigenvalue weighted by atomic mass is 9.67. The third kappa shape index (κ3) is 5.82. The number of nitriles is 1. The van der Waals surface area contributed by atoms with Crippen LogP contribution in [0.2, 0.25) is 0 Å². The molecule has 9 aromatic rings. The van der Waals surface area contributed by atoms with Gasteiger partial charge in [-0.3, -0.25) is 0 Å². The van der Waals surface area contributed by atoms with E-state index in [1.54, 1.807) is 0 Å². The molecule has 4 nitrogen and oxygen atoms in total. The summed E-state index contributed by atoms with van der Waals surface area (Å²) in [5.74, 6) is 1.86. The predicted octanol–water partition coefficient (Wildman–Crippen LogP) is 12.4. The Morgan fingerprint density at radius 3 is 1.35 bits per heavy atom. The second-order valence-electron chi connectivity index (χ2n) is 14.3. The zero-order valence-electron chi connectivity index (χ0n) is 30.9. The number of fused-ring (bicyclic) bond motifs is 3. The van der Waals surface area contributed by atoms with Gasteiger partial charge in [0, 0.05) is 16.7 Å². The largest absolute Gasteiger partial charge is 0.208 e. The number of aromatic nitrogens is 3. The molecule has 266 valence electrons. The van der Waals surface area contributed by atoms with Crippen molar-refractivity contribution in [1.82, 2.24) is 15.0 Å². The van der Waals surface area contributed by atoms with Gasteiger partial charge in [0.1, 0.15) is 0 Å². The van der Waals surface area contributed by atoms with E-state index in [0.29, 0.717) is 23.0 Å². The molecule has 0 fully saturated rings. The summed E-state index contributed by atoms with van der Waals surface area (Å²) in [5, 5.41) is 10.0. The van der Waals surface area contributed by atoms with Crippen LogP contribution in [0.15, 0.2) is 206 Å². The van der Waals surface area contributed by atoms with Gasteiger partial charge in [0.25, 0.3) is 0 Å². The van der Waals surface area contributed by atoms with Crippen molar-refractivity contribution < 1.29 is 0 Å². The van der Waals surface area contributed by atoms with Crippen LogP contribution in [0.5, 0.6) is 0 Å². The van der Waals surface area contributed by atoms with Gasteiger partial charge in [-0.2, -0.15) is 5.26 Å². The Morgan fingerprint density at radius 1 is 0.333 bits per heavy atom. The molecule has 10 rings (SSSR count). The van der Waals surface area contributed by atoms with Crippen molar-refractivity contribution >= 4 is 0 Å². The van der Waals surface area contributed by atoms with Crippen LogP contribution in [0.1, 0.15) is 27.8 Å². The Balaban J connectivity index is 1.18. The fraction of sp³-hybridized carbons (Fsp3) is 0.0189. The van der Waals surface area contributed by atoms with Crippen LogP contribution in [0.25, 0.3) is 67.5 Å². The lowest BCUT2D eigenvalue weighted by Gasteiger charge is -2.34. The molecule has 57 heavy (non-hydrogen) atoms. The van der Waals surface area contributed by atoms with Crippen LogP contribution in [0, 0.1) is 11.3 Å². The molecule has 0 bridgehead atoms. The molecule has 1 aromatic heterocycles.